The van der Waals surface area contributed by atoms with Gasteiger partial charge < -0.3 is 9.88 Å². The highest BCUT2D eigenvalue weighted by Gasteiger charge is 2.13. The average Bonchev–Trinajstić information content (AvgIpc) is 2.90. The summed E-state index contributed by atoms with van der Waals surface area (Å²) in [5.41, 5.74) is 0.148. The van der Waals surface area contributed by atoms with Crippen LogP contribution in [0, 0.1) is 0 Å². The Morgan fingerprint density at radius 3 is 2.63 bits per heavy atom. The SMILES string of the molecule is CCN(CC)CCn1c(=O)c2[nH]cnc2n(C)c1=O. The number of fused-ring (bicyclic) bond motifs is 1. The maximum absolute atomic E-state index is 12.2. The molecule has 0 unspecified atom stereocenters. The van der Waals surface area contributed by atoms with E-state index in [0.29, 0.717) is 24.3 Å². The molecule has 2 aromatic rings. The Labute approximate surface area is 110 Å². The van der Waals surface area contributed by atoms with Crippen molar-refractivity contribution in [2.45, 2.75) is 20.4 Å². The average molecular weight is 265 g/mol. The lowest BCUT2D eigenvalue weighted by Crippen LogP contribution is -2.42. The quantitative estimate of drug-likeness (QED) is 0.810. The molecule has 2 heterocycles. The molecule has 0 aliphatic heterocycles. The fourth-order valence-corrected chi connectivity index (χ4v) is 2.17. The van der Waals surface area contributed by atoms with Crippen LogP contribution in [0.2, 0.25) is 0 Å². The van der Waals surface area contributed by atoms with Crippen molar-refractivity contribution in [3.05, 3.63) is 27.2 Å². The van der Waals surface area contributed by atoms with Gasteiger partial charge in [0, 0.05) is 20.1 Å². The van der Waals surface area contributed by atoms with E-state index in [4.69, 9.17) is 0 Å². The smallest absolute Gasteiger partial charge is 0.332 e. The summed E-state index contributed by atoms with van der Waals surface area (Å²) in [5.74, 6) is 0. The van der Waals surface area contributed by atoms with Crippen LogP contribution in [0.25, 0.3) is 11.2 Å². The molecule has 0 saturated heterocycles. The van der Waals surface area contributed by atoms with Gasteiger partial charge in [0.05, 0.1) is 6.33 Å². The minimum atomic E-state index is -0.322. The summed E-state index contributed by atoms with van der Waals surface area (Å²) >= 11 is 0. The molecule has 19 heavy (non-hydrogen) atoms. The highest BCUT2D eigenvalue weighted by atomic mass is 16.2. The summed E-state index contributed by atoms with van der Waals surface area (Å²) in [6.07, 6.45) is 1.43. The van der Waals surface area contributed by atoms with Gasteiger partial charge in [-0.3, -0.25) is 13.9 Å². The second kappa shape index (κ2) is 5.40. The van der Waals surface area contributed by atoms with E-state index in [1.54, 1.807) is 7.05 Å². The molecule has 104 valence electrons. The van der Waals surface area contributed by atoms with Crippen LogP contribution in [-0.2, 0) is 13.6 Å². The summed E-state index contributed by atoms with van der Waals surface area (Å²) in [6, 6.07) is 0. The van der Waals surface area contributed by atoms with Gasteiger partial charge in [0.15, 0.2) is 5.65 Å². The van der Waals surface area contributed by atoms with Gasteiger partial charge in [-0.1, -0.05) is 13.8 Å². The molecule has 2 rings (SSSR count). The number of aryl methyl sites for hydroxylation is 1. The number of nitrogens with one attached hydrogen (secondary N) is 1. The van der Waals surface area contributed by atoms with E-state index in [9.17, 15) is 9.59 Å². The van der Waals surface area contributed by atoms with E-state index >= 15 is 0 Å². The molecule has 0 fully saturated rings. The van der Waals surface area contributed by atoms with Gasteiger partial charge in [-0.25, -0.2) is 9.78 Å². The van der Waals surface area contributed by atoms with Gasteiger partial charge in [-0.15, -0.1) is 0 Å². The Morgan fingerprint density at radius 1 is 1.32 bits per heavy atom. The maximum atomic E-state index is 12.2. The Hall–Kier alpha value is -1.89. The zero-order chi connectivity index (χ0) is 14.0. The van der Waals surface area contributed by atoms with E-state index in [0.717, 1.165) is 13.1 Å². The van der Waals surface area contributed by atoms with E-state index in [-0.39, 0.29) is 11.2 Å². The minimum absolute atomic E-state index is 0.303. The van der Waals surface area contributed by atoms with Crippen molar-refractivity contribution < 1.29 is 0 Å². The molecule has 0 saturated carbocycles. The predicted molar refractivity (Wildman–Crippen MR) is 73.4 cm³/mol. The first kappa shape index (κ1) is 13.5. The number of hydrogen-bond donors (Lipinski definition) is 1. The van der Waals surface area contributed by atoms with Crippen LogP contribution in [0.3, 0.4) is 0 Å². The monoisotopic (exact) mass is 265 g/mol. The minimum Gasteiger partial charge on any atom is -0.339 e. The Morgan fingerprint density at radius 2 is 2.00 bits per heavy atom. The van der Waals surface area contributed by atoms with E-state index in [2.05, 4.69) is 28.7 Å². The number of aromatic nitrogens is 4. The first-order valence-corrected chi connectivity index (χ1v) is 6.45. The van der Waals surface area contributed by atoms with Gasteiger partial charge in [-0.05, 0) is 13.1 Å². The van der Waals surface area contributed by atoms with Crippen molar-refractivity contribution in [2.75, 3.05) is 19.6 Å². The summed E-state index contributed by atoms with van der Waals surface area (Å²) in [5, 5.41) is 0. The van der Waals surface area contributed by atoms with Gasteiger partial charge in [0.1, 0.15) is 5.52 Å². The van der Waals surface area contributed by atoms with E-state index < -0.39 is 0 Å². The molecule has 0 spiro atoms. The number of rotatable bonds is 5. The number of aromatic amines is 1. The number of nitrogens with zero attached hydrogens (tertiary/aromatic N) is 4. The topological polar surface area (TPSA) is 75.9 Å². The van der Waals surface area contributed by atoms with Crippen LogP contribution in [-0.4, -0.2) is 43.6 Å². The second-order valence-corrected chi connectivity index (χ2v) is 4.43. The zero-order valence-corrected chi connectivity index (χ0v) is 11.5. The molecule has 0 radical (unpaired) electrons. The van der Waals surface area contributed by atoms with Crippen molar-refractivity contribution in [2.24, 2.45) is 7.05 Å². The third-order valence-corrected chi connectivity index (χ3v) is 3.45. The molecule has 0 bridgehead atoms. The lowest BCUT2D eigenvalue weighted by Gasteiger charge is -2.18. The Kier molecular flexibility index (Phi) is 3.84. The molecule has 0 aliphatic rings. The van der Waals surface area contributed by atoms with Gasteiger partial charge in [-0.2, -0.15) is 0 Å². The summed E-state index contributed by atoms with van der Waals surface area (Å²) < 4.78 is 2.66. The number of hydrogen-bond acceptors (Lipinski definition) is 4. The normalized spacial score (nSPS) is 11.6. The molecule has 7 heteroatoms. The van der Waals surface area contributed by atoms with Crippen molar-refractivity contribution >= 4 is 11.2 Å². The summed E-state index contributed by atoms with van der Waals surface area (Å²) in [7, 11) is 1.62. The largest absolute Gasteiger partial charge is 0.339 e. The molecule has 0 aromatic carbocycles. The van der Waals surface area contributed by atoms with E-state index in [1.807, 2.05) is 0 Å². The molecule has 0 amide bonds. The number of imidazole rings is 1. The maximum Gasteiger partial charge on any atom is 0.332 e. The van der Waals surface area contributed by atoms with Crippen LogP contribution in [0.5, 0.6) is 0 Å². The first-order chi connectivity index (χ1) is 9.10. The van der Waals surface area contributed by atoms with Crippen LogP contribution in [0.4, 0.5) is 0 Å². The summed E-state index contributed by atoms with van der Waals surface area (Å²) in [4.78, 5) is 33.3. The first-order valence-electron chi connectivity index (χ1n) is 6.45. The van der Waals surface area contributed by atoms with Gasteiger partial charge >= 0.3 is 5.69 Å². The fraction of sp³-hybridized carbons (Fsp3) is 0.583. The van der Waals surface area contributed by atoms with Gasteiger partial charge in [0.25, 0.3) is 5.56 Å². The fourth-order valence-electron chi connectivity index (χ4n) is 2.17. The van der Waals surface area contributed by atoms with Crippen molar-refractivity contribution in [1.29, 1.82) is 0 Å². The standard InChI is InChI=1S/C12H19N5O2/c1-4-16(5-2)6-7-17-11(18)9-10(14-8-13-9)15(3)12(17)19/h8H,4-7H2,1-3H3,(H,13,14). The second-order valence-electron chi connectivity index (χ2n) is 4.43. The van der Waals surface area contributed by atoms with Crippen molar-refractivity contribution in [1.82, 2.24) is 24.0 Å². The van der Waals surface area contributed by atoms with E-state index in [1.165, 1.54) is 15.5 Å². The highest BCUT2D eigenvalue weighted by molar-refractivity contribution is 5.68. The molecule has 1 N–H and O–H groups in total. The van der Waals surface area contributed by atoms with Crippen LogP contribution < -0.4 is 11.2 Å². The van der Waals surface area contributed by atoms with Gasteiger partial charge in [0.2, 0.25) is 0 Å². The van der Waals surface area contributed by atoms with Crippen LogP contribution in [0.15, 0.2) is 15.9 Å². The number of likely N-dealkylation sites (N-methyl/N-ethyl adjacent to an activating group) is 1. The lowest BCUT2D eigenvalue weighted by molar-refractivity contribution is 0.286. The summed E-state index contributed by atoms with van der Waals surface area (Å²) in [6.45, 7) is 6.99. The number of H-pyrrole nitrogens is 1. The third-order valence-electron chi connectivity index (χ3n) is 3.45. The molecular weight excluding hydrogens is 246 g/mol. The van der Waals surface area contributed by atoms with Crippen molar-refractivity contribution in [3.63, 3.8) is 0 Å². The molecule has 2 aromatic heterocycles. The zero-order valence-electron chi connectivity index (χ0n) is 11.5. The predicted octanol–water partition coefficient (Wildman–Crippen LogP) is -0.235. The molecule has 0 atom stereocenters. The molecule has 7 nitrogen and oxygen atoms in total. The Bertz CT molecular complexity index is 677. The van der Waals surface area contributed by atoms with Crippen molar-refractivity contribution in [3.8, 4) is 0 Å². The Balaban J connectivity index is 2.43. The van der Waals surface area contributed by atoms with Crippen LogP contribution in [0.1, 0.15) is 13.8 Å². The lowest BCUT2D eigenvalue weighted by atomic mass is 10.4. The molecule has 0 aliphatic carbocycles. The van der Waals surface area contributed by atoms with Crippen LogP contribution >= 0.6 is 0 Å². The third kappa shape index (κ3) is 2.33. The molecular formula is C12H19N5O2. The highest BCUT2D eigenvalue weighted by Crippen LogP contribution is 1.99.